The van der Waals surface area contributed by atoms with Gasteiger partial charge in [0, 0.05) is 24.5 Å². The Morgan fingerprint density at radius 3 is 2.57 bits per heavy atom. The van der Waals surface area contributed by atoms with Gasteiger partial charge in [0.2, 0.25) is 5.91 Å². The van der Waals surface area contributed by atoms with Crippen LogP contribution in [0.4, 0.5) is 0 Å². The molecule has 3 aromatic rings. The summed E-state index contributed by atoms with van der Waals surface area (Å²) >= 11 is 0. The molecule has 1 atom stereocenters. The van der Waals surface area contributed by atoms with Crippen LogP contribution in [0, 0.1) is 0 Å². The SMILES string of the molecule is COc1cccc(OC)c1[C@@H]1CCCC(=O)N1Cc1cnc2ccccc2c1. The van der Waals surface area contributed by atoms with E-state index in [2.05, 4.69) is 11.1 Å². The number of rotatable bonds is 5. The molecule has 1 amide bonds. The molecule has 4 rings (SSSR count). The summed E-state index contributed by atoms with van der Waals surface area (Å²) in [6, 6.07) is 15.8. The highest BCUT2D eigenvalue weighted by molar-refractivity contribution is 5.80. The van der Waals surface area contributed by atoms with E-state index in [1.54, 1.807) is 14.2 Å². The largest absolute Gasteiger partial charge is 0.496 e. The van der Waals surface area contributed by atoms with Crippen LogP contribution in [0.5, 0.6) is 11.5 Å². The minimum absolute atomic E-state index is 0.0844. The number of benzene rings is 2. The van der Waals surface area contributed by atoms with Crippen molar-refractivity contribution < 1.29 is 14.3 Å². The monoisotopic (exact) mass is 376 g/mol. The van der Waals surface area contributed by atoms with Crippen molar-refractivity contribution in [2.45, 2.75) is 31.8 Å². The summed E-state index contributed by atoms with van der Waals surface area (Å²) in [5.41, 5.74) is 2.92. The van der Waals surface area contributed by atoms with Crippen molar-refractivity contribution in [1.29, 1.82) is 0 Å². The Hall–Kier alpha value is -3.08. The first-order chi connectivity index (χ1) is 13.7. The topological polar surface area (TPSA) is 51.7 Å². The third-order valence-corrected chi connectivity index (χ3v) is 5.36. The number of methoxy groups -OCH3 is 2. The molecule has 2 aromatic carbocycles. The number of carbonyl (C=O) groups is 1. The quantitative estimate of drug-likeness (QED) is 0.658. The Bertz CT molecular complexity index is 980. The minimum Gasteiger partial charge on any atom is -0.496 e. The van der Waals surface area contributed by atoms with Crippen LogP contribution in [0.15, 0.2) is 54.7 Å². The van der Waals surface area contributed by atoms with Gasteiger partial charge in [0.1, 0.15) is 11.5 Å². The van der Waals surface area contributed by atoms with Crippen LogP contribution >= 0.6 is 0 Å². The number of amides is 1. The first-order valence-corrected chi connectivity index (χ1v) is 9.55. The molecule has 144 valence electrons. The molecule has 28 heavy (non-hydrogen) atoms. The molecule has 2 heterocycles. The molecule has 1 aliphatic heterocycles. The third kappa shape index (κ3) is 3.40. The highest BCUT2D eigenvalue weighted by Gasteiger charge is 2.33. The molecule has 0 N–H and O–H groups in total. The van der Waals surface area contributed by atoms with Crippen molar-refractivity contribution in [3.8, 4) is 11.5 Å². The van der Waals surface area contributed by atoms with Crippen LogP contribution in [0.2, 0.25) is 0 Å². The lowest BCUT2D eigenvalue weighted by atomic mass is 9.92. The second kappa shape index (κ2) is 7.89. The Balaban J connectivity index is 1.72. The maximum absolute atomic E-state index is 12.9. The van der Waals surface area contributed by atoms with E-state index in [4.69, 9.17) is 9.47 Å². The maximum Gasteiger partial charge on any atom is 0.223 e. The molecular weight excluding hydrogens is 352 g/mol. The lowest BCUT2D eigenvalue weighted by molar-refractivity contribution is -0.137. The van der Waals surface area contributed by atoms with Crippen LogP contribution in [0.3, 0.4) is 0 Å². The van der Waals surface area contributed by atoms with Crippen molar-refractivity contribution in [3.63, 3.8) is 0 Å². The summed E-state index contributed by atoms with van der Waals surface area (Å²) in [6.45, 7) is 0.516. The van der Waals surface area contributed by atoms with E-state index >= 15 is 0 Å². The smallest absolute Gasteiger partial charge is 0.223 e. The van der Waals surface area contributed by atoms with Gasteiger partial charge in [-0.3, -0.25) is 9.78 Å². The van der Waals surface area contributed by atoms with Crippen molar-refractivity contribution in [1.82, 2.24) is 9.88 Å². The van der Waals surface area contributed by atoms with Gasteiger partial charge >= 0.3 is 0 Å². The van der Waals surface area contributed by atoms with E-state index in [-0.39, 0.29) is 11.9 Å². The van der Waals surface area contributed by atoms with Gasteiger partial charge in [0.05, 0.1) is 31.3 Å². The zero-order chi connectivity index (χ0) is 19.5. The Morgan fingerprint density at radius 2 is 1.82 bits per heavy atom. The molecule has 1 aliphatic rings. The van der Waals surface area contributed by atoms with Gasteiger partial charge in [-0.2, -0.15) is 0 Å². The number of hydrogen-bond donors (Lipinski definition) is 0. The number of carbonyl (C=O) groups excluding carboxylic acids is 1. The predicted molar refractivity (Wildman–Crippen MR) is 108 cm³/mol. The summed E-state index contributed by atoms with van der Waals surface area (Å²) < 4.78 is 11.2. The molecule has 0 saturated carbocycles. The fourth-order valence-corrected chi connectivity index (χ4v) is 4.03. The third-order valence-electron chi connectivity index (χ3n) is 5.36. The van der Waals surface area contributed by atoms with E-state index in [0.717, 1.165) is 46.4 Å². The number of aromatic nitrogens is 1. The van der Waals surface area contributed by atoms with Gasteiger partial charge in [-0.1, -0.05) is 24.3 Å². The number of nitrogens with zero attached hydrogens (tertiary/aromatic N) is 2. The summed E-state index contributed by atoms with van der Waals surface area (Å²) in [6.07, 6.45) is 4.16. The summed E-state index contributed by atoms with van der Waals surface area (Å²) in [5, 5.41) is 1.08. The maximum atomic E-state index is 12.9. The van der Waals surface area contributed by atoms with Crippen molar-refractivity contribution in [2.24, 2.45) is 0 Å². The molecule has 0 aliphatic carbocycles. The lowest BCUT2D eigenvalue weighted by Crippen LogP contribution is -2.38. The normalized spacial score (nSPS) is 17.0. The standard InChI is InChI=1S/C23H24N2O3/c1-27-20-10-6-11-21(28-2)23(20)19-9-5-12-22(26)25(19)15-16-13-17-7-3-4-8-18(17)24-14-16/h3-4,6-8,10-11,13-14,19H,5,9,12,15H2,1-2H3/t19-/m0/s1. The van der Waals surface area contributed by atoms with Gasteiger partial charge in [-0.05, 0) is 42.7 Å². The molecular formula is C23H24N2O3. The Labute approximate surface area is 164 Å². The number of likely N-dealkylation sites (tertiary alicyclic amines) is 1. The van der Waals surface area contributed by atoms with Gasteiger partial charge in [0.15, 0.2) is 0 Å². The van der Waals surface area contributed by atoms with E-state index < -0.39 is 0 Å². The summed E-state index contributed by atoms with van der Waals surface area (Å²) in [5.74, 6) is 1.65. The molecule has 1 saturated heterocycles. The van der Waals surface area contributed by atoms with Crippen LogP contribution in [-0.4, -0.2) is 30.0 Å². The van der Waals surface area contributed by atoms with E-state index in [0.29, 0.717) is 13.0 Å². The molecule has 0 bridgehead atoms. The van der Waals surface area contributed by atoms with Gasteiger partial charge < -0.3 is 14.4 Å². The van der Waals surface area contributed by atoms with Crippen molar-refractivity contribution in [2.75, 3.05) is 14.2 Å². The Morgan fingerprint density at radius 1 is 1.07 bits per heavy atom. The van der Waals surface area contributed by atoms with Gasteiger partial charge in [-0.25, -0.2) is 0 Å². The highest BCUT2D eigenvalue weighted by atomic mass is 16.5. The van der Waals surface area contributed by atoms with Gasteiger partial charge in [0.25, 0.3) is 0 Å². The van der Waals surface area contributed by atoms with Crippen molar-refractivity contribution >= 4 is 16.8 Å². The van der Waals surface area contributed by atoms with Crippen LogP contribution in [-0.2, 0) is 11.3 Å². The summed E-state index contributed by atoms with van der Waals surface area (Å²) in [7, 11) is 3.31. The predicted octanol–water partition coefficient (Wildman–Crippen LogP) is 4.51. The minimum atomic E-state index is -0.0844. The molecule has 0 radical (unpaired) electrons. The number of pyridine rings is 1. The number of piperidine rings is 1. The van der Waals surface area contributed by atoms with Crippen LogP contribution < -0.4 is 9.47 Å². The lowest BCUT2D eigenvalue weighted by Gasteiger charge is -2.37. The van der Waals surface area contributed by atoms with E-state index in [9.17, 15) is 4.79 Å². The van der Waals surface area contributed by atoms with Crippen LogP contribution in [0.25, 0.3) is 10.9 Å². The molecule has 0 unspecified atom stereocenters. The van der Waals surface area contributed by atoms with Crippen molar-refractivity contribution in [3.05, 3.63) is 65.9 Å². The van der Waals surface area contributed by atoms with Crippen LogP contribution in [0.1, 0.15) is 36.4 Å². The molecule has 5 heteroatoms. The number of para-hydroxylation sites is 1. The molecule has 0 spiro atoms. The number of ether oxygens (including phenoxy) is 2. The second-order valence-corrected chi connectivity index (χ2v) is 7.04. The fourth-order valence-electron chi connectivity index (χ4n) is 4.03. The average molecular weight is 376 g/mol. The van der Waals surface area contributed by atoms with E-state index in [1.807, 2.05) is 53.6 Å². The zero-order valence-electron chi connectivity index (χ0n) is 16.2. The first kappa shape index (κ1) is 18.3. The number of hydrogen-bond acceptors (Lipinski definition) is 4. The average Bonchev–Trinajstić information content (AvgIpc) is 2.74. The van der Waals surface area contributed by atoms with E-state index in [1.165, 1.54) is 0 Å². The fraction of sp³-hybridized carbons (Fsp3) is 0.304. The zero-order valence-corrected chi connectivity index (χ0v) is 16.2. The van der Waals surface area contributed by atoms with Gasteiger partial charge in [-0.15, -0.1) is 0 Å². The summed E-state index contributed by atoms with van der Waals surface area (Å²) in [4.78, 5) is 19.4. The Kier molecular flexibility index (Phi) is 5.15. The highest BCUT2D eigenvalue weighted by Crippen LogP contribution is 2.42. The molecule has 1 fully saturated rings. The second-order valence-electron chi connectivity index (χ2n) is 7.04. The number of fused-ring (bicyclic) bond motifs is 1. The first-order valence-electron chi connectivity index (χ1n) is 9.55. The molecule has 5 nitrogen and oxygen atoms in total. The molecule has 1 aromatic heterocycles.